The summed E-state index contributed by atoms with van der Waals surface area (Å²) < 4.78 is 27.6. The Morgan fingerprint density at radius 3 is 2.74 bits per heavy atom. The Morgan fingerprint density at radius 1 is 1.16 bits per heavy atom. The summed E-state index contributed by atoms with van der Waals surface area (Å²) in [6.07, 6.45) is 0. The Balaban J connectivity index is 2.26. The van der Waals surface area contributed by atoms with Crippen molar-refractivity contribution in [3.05, 3.63) is 52.0 Å². The molecule has 0 aliphatic rings. The molecule has 0 aliphatic carbocycles. The van der Waals surface area contributed by atoms with E-state index in [-0.39, 0.29) is 5.52 Å². The molecule has 0 unspecified atom stereocenters. The number of fused-ring (bicyclic) bond motifs is 1. The summed E-state index contributed by atoms with van der Waals surface area (Å²) in [7, 11) is 0. The summed E-state index contributed by atoms with van der Waals surface area (Å²) in [4.78, 5) is 7.14. The number of imidazole rings is 1. The van der Waals surface area contributed by atoms with E-state index in [1.165, 1.54) is 6.07 Å². The molecule has 96 valence electrons. The van der Waals surface area contributed by atoms with Crippen LogP contribution >= 0.6 is 15.9 Å². The zero-order valence-electron chi connectivity index (χ0n) is 9.97. The average molecular weight is 323 g/mol. The fourth-order valence-electron chi connectivity index (χ4n) is 1.99. The summed E-state index contributed by atoms with van der Waals surface area (Å²) in [6, 6.07) is 7.85. The number of nitrogens with one attached hydrogen (secondary N) is 1. The van der Waals surface area contributed by atoms with E-state index in [0.717, 1.165) is 21.7 Å². The van der Waals surface area contributed by atoms with Crippen LogP contribution < -0.4 is 0 Å². The van der Waals surface area contributed by atoms with Crippen LogP contribution in [-0.2, 0) is 0 Å². The first-order valence-corrected chi connectivity index (χ1v) is 6.45. The van der Waals surface area contributed by atoms with Crippen molar-refractivity contribution in [2.45, 2.75) is 6.92 Å². The fraction of sp³-hybridized carbons (Fsp3) is 0.0714. The second-order valence-electron chi connectivity index (χ2n) is 4.35. The molecule has 2 aromatic carbocycles. The van der Waals surface area contributed by atoms with Crippen molar-refractivity contribution in [2.75, 3.05) is 0 Å². The van der Waals surface area contributed by atoms with Gasteiger partial charge in [-0.05, 0) is 25.1 Å². The number of hydrogen-bond acceptors (Lipinski definition) is 1. The van der Waals surface area contributed by atoms with Crippen molar-refractivity contribution in [1.82, 2.24) is 9.97 Å². The SMILES string of the molecule is Cc1ccc(Br)c(-c2nc3c(F)cc(F)cc3[nH]2)c1. The predicted molar refractivity (Wildman–Crippen MR) is 73.9 cm³/mol. The number of benzene rings is 2. The fourth-order valence-corrected chi connectivity index (χ4v) is 2.42. The van der Waals surface area contributed by atoms with E-state index in [2.05, 4.69) is 25.9 Å². The van der Waals surface area contributed by atoms with Gasteiger partial charge in [0.2, 0.25) is 0 Å². The maximum atomic E-state index is 13.6. The lowest BCUT2D eigenvalue weighted by Gasteiger charge is -2.01. The van der Waals surface area contributed by atoms with E-state index < -0.39 is 11.6 Å². The molecule has 0 saturated carbocycles. The summed E-state index contributed by atoms with van der Waals surface area (Å²) in [5.74, 6) is -0.778. The molecule has 2 nitrogen and oxygen atoms in total. The zero-order valence-corrected chi connectivity index (χ0v) is 11.6. The Kier molecular flexibility index (Phi) is 2.86. The molecule has 0 amide bonds. The normalized spacial score (nSPS) is 11.2. The number of aryl methyl sites for hydroxylation is 1. The lowest BCUT2D eigenvalue weighted by Crippen LogP contribution is -1.84. The van der Waals surface area contributed by atoms with E-state index in [0.29, 0.717) is 11.3 Å². The van der Waals surface area contributed by atoms with Gasteiger partial charge < -0.3 is 4.98 Å². The van der Waals surface area contributed by atoms with Gasteiger partial charge in [-0.25, -0.2) is 13.8 Å². The van der Waals surface area contributed by atoms with Crippen molar-refractivity contribution in [3.8, 4) is 11.4 Å². The molecule has 0 saturated heterocycles. The minimum absolute atomic E-state index is 0.143. The van der Waals surface area contributed by atoms with Crippen molar-refractivity contribution in [2.24, 2.45) is 0 Å². The van der Waals surface area contributed by atoms with Gasteiger partial charge >= 0.3 is 0 Å². The van der Waals surface area contributed by atoms with Crippen LogP contribution in [0.3, 0.4) is 0 Å². The van der Waals surface area contributed by atoms with E-state index in [1.54, 1.807) is 0 Å². The number of nitrogens with zero attached hydrogens (tertiary/aromatic N) is 1. The average Bonchev–Trinajstić information content (AvgIpc) is 2.76. The first-order valence-electron chi connectivity index (χ1n) is 5.66. The molecule has 19 heavy (non-hydrogen) atoms. The molecule has 3 rings (SSSR count). The minimum atomic E-state index is -0.665. The number of rotatable bonds is 1. The highest BCUT2D eigenvalue weighted by Gasteiger charge is 2.13. The van der Waals surface area contributed by atoms with Crippen LogP contribution in [0.1, 0.15) is 5.56 Å². The van der Waals surface area contributed by atoms with Crippen molar-refractivity contribution < 1.29 is 8.78 Å². The van der Waals surface area contributed by atoms with E-state index in [4.69, 9.17) is 0 Å². The van der Waals surface area contributed by atoms with Crippen molar-refractivity contribution in [1.29, 1.82) is 0 Å². The zero-order chi connectivity index (χ0) is 13.6. The van der Waals surface area contributed by atoms with Crippen LogP contribution in [0.2, 0.25) is 0 Å². The number of aromatic amines is 1. The van der Waals surface area contributed by atoms with Gasteiger partial charge in [0, 0.05) is 16.1 Å². The van der Waals surface area contributed by atoms with Crippen molar-refractivity contribution >= 4 is 27.0 Å². The highest BCUT2D eigenvalue weighted by molar-refractivity contribution is 9.10. The smallest absolute Gasteiger partial charge is 0.153 e. The Hall–Kier alpha value is -1.75. The largest absolute Gasteiger partial charge is 0.338 e. The van der Waals surface area contributed by atoms with Gasteiger partial charge in [-0.3, -0.25) is 0 Å². The molecule has 1 N–H and O–H groups in total. The maximum absolute atomic E-state index is 13.6. The molecular weight excluding hydrogens is 314 g/mol. The molecule has 0 spiro atoms. The predicted octanol–water partition coefficient (Wildman–Crippen LogP) is 4.58. The van der Waals surface area contributed by atoms with Crippen LogP contribution in [0.5, 0.6) is 0 Å². The van der Waals surface area contributed by atoms with Gasteiger partial charge in [-0.15, -0.1) is 0 Å². The standard InChI is InChI=1S/C14H9BrF2N2/c1-7-2-3-10(15)9(4-7)14-18-12-6-8(16)5-11(17)13(12)19-14/h2-6H,1H3,(H,18,19). The van der Waals surface area contributed by atoms with Crippen LogP contribution in [0.4, 0.5) is 8.78 Å². The Morgan fingerprint density at radius 2 is 1.95 bits per heavy atom. The maximum Gasteiger partial charge on any atom is 0.153 e. The number of H-pyrrole nitrogens is 1. The van der Waals surface area contributed by atoms with Crippen LogP contribution in [0.15, 0.2) is 34.8 Å². The first-order chi connectivity index (χ1) is 9.04. The van der Waals surface area contributed by atoms with E-state index in [9.17, 15) is 8.78 Å². The Bertz CT molecular complexity index is 780. The van der Waals surface area contributed by atoms with Gasteiger partial charge in [0.15, 0.2) is 5.82 Å². The van der Waals surface area contributed by atoms with Crippen LogP contribution in [0, 0.1) is 18.6 Å². The summed E-state index contributed by atoms with van der Waals surface area (Å²) >= 11 is 3.43. The third kappa shape index (κ3) is 2.14. The lowest BCUT2D eigenvalue weighted by atomic mass is 10.1. The monoisotopic (exact) mass is 322 g/mol. The lowest BCUT2D eigenvalue weighted by molar-refractivity contribution is 0.591. The van der Waals surface area contributed by atoms with Gasteiger partial charge in [0.1, 0.15) is 17.2 Å². The molecule has 1 aromatic heterocycles. The summed E-state index contributed by atoms with van der Waals surface area (Å²) in [6.45, 7) is 1.96. The number of hydrogen-bond donors (Lipinski definition) is 1. The molecule has 0 atom stereocenters. The molecule has 0 aliphatic heterocycles. The molecule has 1 heterocycles. The topological polar surface area (TPSA) is 28.7 Å². The quantitative estimate of drug-likeness (QED) is 0.698. The summed E-state index contributed by atoms with van der Waals surface area (Å²) in [5.41, 5.74) is 2.37. The third-order valence-electron chi connectivity index (χ3n) is 2.88. The van der Waals surface area contributed by atoms with Crippen LogP contribution in [-0.4, -0.2) is 9.97 Å². The molecule has 0 fully saturated rings. The number of aromatic nitrogens is 2. The second kappa shape index (κ2) is 4.42. The van der Waals surface area contributed by atoms with E-state index in [1.807, 2.05) is 25.1 Å². The highest BCUT2D eigenvalue weighted by atomic mass is 79.9. The first kappa shape index (κ1) is 12.3. The minimum Gasteiger partial charge on any atom is -0.338 e. The van der Waals surface area contributed by atoms with Gasteiger partial charge in [-0.2, -0.15) is 0 Å². The third-order valence-corrected chi connectivity index (χ3v) is 3.57. The molecule has 0 bridgehead atoms. The number of halogens is 3. The van der Waals surface area contributed by atoms with E-state index >= 15 is 0 Å². The van der Waals surface area contributed by atoms with Gasteiger partial charge in [0.25, 0.3) is 0 Å². The molecule has 3 aromatic rings. The van der Waals surface area contributed by atoms with Gasteiger partial charge in [-0.1, -0.05) is 27.6 Å². The summed E-state index contributed by atoms with van der Waals surface area (Å²) in [5, 5.41) is 0. The van der Waals surface area contributed by atoms with Crippen molar-refractivity contribution in [3.63, 3.8) is 0 Å². The highest BCUT2D eigenvalue weighted by Crippen LogP contribution is 2.29. The Labute approximate surface area is 116 Å². The van der Waals surface area contributed by atoms with Gasteiger partial charge in [0.05, 0.1) is 5.52 Å². The molecule has 0 radical (unpaired) electrons. The van der Waals surface area contributed by atoms with Crippen LogP contribution in [0.25, 0.3) is 22.4 Å². The second-order valence-corrected chi connectivity index (χ2v) is 5.21. The molecule has 5 heteroatoms. The molecular formula is C14H9BrF2N2.